The molecule has 0 saturated carbocycles. The predicted molar refractivity (Wildman–Crippen MR) is 66.5 cm³/mol. The van der Waals surface area contributed by atoms with Gasteiger partial charge in [0, 0.05) is 11.9 Å². The van der Waals surface area contributed by atoms with Gasteiger partial charge in [-0.05, 0) is 12.1 Å². The Balaban J connectivity index is 1.82. The van der Waals surface area contributed by atoms with Gasteiger partial charge >= 0.3 is 0 Å². The number of carbonyl (C=O) groups is 2. The minimum atomic E-state index is -1.31. The van der Waals surface area contributed by atoms with Crippen LogP contribution in [-0.2, 0) is 14.3 Å². The average molecular weight is 274 g/mol. The molecular weight excluding hydrogens is 262 g/mol. The van der Waals surface area contributed by atoms with Gasteiger partial charge in [-0.15, -0.1) is 0 Å². The fourth-order valence-corrected chi connectivity index (χ4v) is 2.70. The molecular formula is C14H12NO5-. The zero-order valence-electron chi connectivity index (χ0n) is 10.4. The number of carbonyl (C=O) groups excluding carboxylic acids is 2. The minimum absolute atomic E-state index is 0.0783. The average Bonchev–Trinajstić information content (AvgIpc) is 3.01. The van der Waals surface area contributed by atoms with E-state index >= 15 is 0 Å². The topological polar surface area (TPSA) is 98.7 Å². The molecule has 6 nitrogen and oxygen atoms in total. The highest BCUT2D eigenvalue weighted by Crippen LogP contribution is 2.39. The lowest BCUT2D eigenvalue weighted by molar-refractivity contribution is -0.313. The van der Waals surface area contributed by atoms with Crippen molar-refractivity contribution in [1.29, 1.82) is 0 Å². The Labute approximate surface area is 114 Å². The zero-order chi connectivity index (χ0) is 14.3. The summed E-state index contributed by atoms with van der Waals surface area (Å²) >= 11 is 0. The molecule has 0 spiro atoms. The lowest BCUT2D eigenvalue weighted by atomic mass is 9.82. The molecule has 1 aromatic carbocycles. The van der Waals surface area contributed by atoms with Crippen molar-refractivity contribution in [3.63, 3.8) is 0 Å². The van der Waals surface area contributed by atoms with Gasteiger partial charge < -0.3 is 25.1 Å². The number of aliphatic carboxylic acids is 1. The summed E-state index contributed by atoms with van der Waals surface area (Å²) in [7, 11) is 0. The van der Waals surface area contributed by atoms with Crippen LogP contribution in [-0.4, -0.2) is 29.2 Å². The standard InChI is InChI=1S/C14H13NO5/c16-8-4-2-1-3-7(8)15-13(17)11-9-5-6-10(20-9)12(11)14(18)19/h1-6,9-12,16H,(H,15,17)(H,18,19)/p-1/t9-,10+,11-,12-/m0/s1. The number of carboxylic acid groups (broad SMARTS) is 1. The molecule has 2 aliphatic rings. The summed E-state index contributed by atoms with van der Waals surface area (Å²) < 4.78 is 5.39. The van der Waals surface area contributed by atoms with Crippen molar-refractivity contribution in [3.05, 3.63) is 36.4 Å². The van der Waals surface area contributed by atoms with E-state index in [1.165, 1.54) is 12.1 Å². The quantitative estimate of drug-likeness (QED) is 0.580. The van der Waals surface area contributed by atoms with Gasteiger partial charge in [-0.2, -0.15) is 0 Å². The maximum Gasteiger partial charge on any atom is 0.231 e. The molecule has 0 radical (unpaired) electrons. The summed E-state index contributed by atoms with van der Waals surface area (Å²) in [5, 5.41) is 23.3. The van der Waals surface area contributed by atoms with Gasteiger partial charge in [0.2, 0.25) is 5.91 Å². The third-order valence-corrected chi connectivity index (χ3v) is 3.64. The van der Waals surface area contributed by atoms with Crippen LogP contribution in [0.1, 0.15) is 0 Å². The van der Waals surface area contributed by atoms with Gasteiger partial charge in [0.05, 0.1) is 23.8 Å². The van der Waals surface area contributed by atoms with E-state index in [1.54, 1.807) is 24.3 Å². The highest BCUT2D eigenvalue weighted by molar-refractivity contribution is 5.97. The molecule has 1 fully saturated rings. The number of hydrogen-bond donors (Lipinski definition) is 2. The monoisotopic (exact) mass is 274 g/mol. The van der Waals surface area contributed by atoms with Crippen molar-refractivity contribution in [2.24, 2.45) is 11.8 Å². The largest absolute Gasteiger partial charge is 0.550 e. The zero-order valence-corrected chi connectivity index (χ0v) is 10.4. The molecule has 6 heteroatoms. The molecule has 1 saturated heterocycles. The van der Waals surface area contributed by atoms with Gasteiger partial charge in [-0.3, -0.25) is 4.79 Å². The van der Waals surface area contributed by atoms with Gasteiger partial charge in [-0.25, -0.2) is 0 Å². The summed E-state index contributed by atoms with van der Waals surface area (Å²) in [5.74, 6) is -3.74. The number of phenols is 1. The van der Waals surface area contributed by atoms with Crippen LogP contribution in [0, 0.1) is 11.8 Å². The molecule has 2 N–H and O–H groups in total. The molecule has 4 atom stereocenters. The maximum absolute atomic E-state index is 12.2. The van der Waals surface area contributed by atoms with Crippen molar-refractivity contribution in [2.75, 3.05) is 5.32 Å². The molecule has 2 bridgehead atoms. The van der Waals surface area contributed by atoms with Crippen LogP contribution >= 0.6 is 0 Å². The fraction of sp³-hybridized carbons (Fsp3) is 0.286. The van der Waals surface area contributed by atoms with E-state index < -0.39 is 35.9 Å². The first-order chi connectivity index (χ1) is 9.58. The highest BCUT2D eigenvalue weighted by atomic mass is 16.5. The van der Waals surface area contributed by atoms with Crippen molar-refractivity contribution in [1.82, 2.24) is 0 Å². The lowest BCUT2D eigenvalue weighted by Crippen LogP contribution is -2.45. The molecule has 1 aromatic rings. The Morgan fingerprint density at radius 2 is 1.80 bits per heavy atom. The van der Waals surface area contributed by atoms with Crippen LogP contribution in [0.5, 0.6) is 5.75 Å². The summed E-state index contributed by atoms with van der Waals surface area (Å²) in [5.41, 5.74) is 0.237. The molecule has 0 aromatic heterocycles. The minimum Gasteiger partial charge on any atom is -0.550 e. The van der Waals surface area contributed by atoms with E-state index in [9.17, 15) is 19.8 Å². The number of anilines is 1. The summed E-state index contributed by atoms with van der Waals surface area (Å²) in [6.07, 6.45) is 2.13. The predicted octanol–water partition coefficient (Wildman–Crippen LogP) is -0.350. The van der Waals surface area contributed by atoms with Gasteiger partial charge in [0.15, 0.2) is 0 Å². The number of benzene rings is 1. The lowest BCUT2D eigenvalue weighted by Gasteiger charge is -2.25. The number of fused-ring (bicyclic) bond motifs is 2. The first kappa shape index (κ1) is 12.7. The van der Waals surface area contributed by atoms with Gasteiger partial charge in [0.1, 0.15) is 5.75 Å². The molecule has 1 amide bonds. The van der Waals surface area contributed by atoms with E-state index in [4.69, 9.17) is 4.74 Å². The fourth-order valence-electron chi connectivity index (χ4n) is 2.70. The first-order valence-electron chi connectivity index (χ1n) is 6.21. The number of para-hydroxylation sites is 2. The third kappa shape index (κ3) is 1.94. The molecule has 3 rings (SSSR count). The smallest absolute Gasteiger partial charge is 0.231 e. The van der Waals surface area contributed by atoms with E-state index in [0.717, 1.165) is 0 Å². The number of amides is 1. The highest BCUT2D eigenvalue weighted by Gasteiger charge is 2.50. The maximum atomic E-state index is 12.2. The Bertz CT molecular complexity index is 597. The van der Waals surface area contributed by atoms with Crippen molar-refractivity contribution in [3.8, 4) is 5.75 Å². The second-order valence-electron chi connectivity index (χ2n) is 4.83. The number of ether oxygens (including phenoxy) is 1. The van der Waals surface area contributed by atoms with E-state index in [1.807, 2.05) is 0 Å². The van der Waals surface area contributed by atoms with Crippen LogP contribution in [0.2, 0.25) is 0 Å². The Kier molecular flexibility index (Phi) is 2.94. The number of phenolic OH excluding ortho intramolecular Hbond substituents is 1. The van der Waals surface area contributed by atoms with Gasteiger partial charge in [-0.1, -0.05) is 24.3 Å². The Morgan fingerprint density at radius 1 is 1.15 bits per heavy atom. The molecule has 0 aliphatic carbocycles. The van der Waals surface area contributed by atoms with E-state index in [-0.39, 0.29) is 11.4 Å². The molecule has 20 heavy (non-hydrogen) atoms. The van der Waals surface area contributed by atoms with Crippen molar-refractivity contribution < 1.29 is 24.5 Å². The van der Waals surface area contributed by atoms with Crippen LogP contribution in [0.25, 0.3) is 0 Å². The number of aromatic hydroxyl groups is 1. The SMILES string of the molecule is O=C(Nc1ccccc1O)[C@@H]1[C@@H](C(=O)[O-])[C@H]2C=C[C@@H]1O2. The molecule has 2 aliphatic heterocycles. The Morgan fingerprint density at radius 3 is 2.45 bits per heavy atom. The Hall–Kier alpha value is -2.34. The normalized spacial score (nSPS) is 30.4. The second-order valence-corrected chi connectivity index (χ2v) is 4.83. The number of rotatable bonds is 3. The van der Waals surface area contributed by atoms with Gasteiger partial charge in [0.25, 0.3) is 0 Å². The number of nitrogens with one attached hydrogen (secondary N) is 1. The molecule has 2 heterocycles. The van der Waals surface area contributed by atoms with Crippen LogP contribution < -0.4 is 10.4 Å². The second kappa shape index (κ2) is 4.64. The van der Waals surface area contributed by atoms with Crippen molar-refractivity contribution in [2.45, 2.75) is 12.2 Å². The van der Waals surface area contributed by atoms with Crippen molar-refractivity contribution >= 4 is 17.6 Å². The summed E-state index contributed by atoms with van der Waals surface area (Å²) in [6.45, 7) is 0. The van der Waals surface area contributed by atoms with Crippen LogP contribution in [0.15, 0.2) is 36.4 Å². The third-order valence-electron chi connectivity index (χ3n) is 3.64. The number of carboxylic acids is 1. The molecule has 104 valence electrons. The van der Waals surface area contributed by atoms with E-state index in [2.05, 4.69) is 5.32 Å². The van der Waals surface area contributed by atoms with E-state index in [0.29, 0.717) is 0 Å². The summed E-state index contributed by atoms with van der Waals surface area (Å²) in [6, 6.07) is 6.25. The summed E-state index contributed by atoms with van der Waals surface area (Å²) in [4.78, 5) is 23.4. The van der Waals surface area contributed by atoms with Crippen LogP contribution in [0.4, 0.5) is 5.69 Å². The number of hydrogen-bond acceptors (Lipinski definition) is 5. The first-order valence-corrected chi connectivity index (χ1v) is 6.21. The van der Waals surface area contributed by atoms with Crippen LogP contribution in [0.3, 0.4) is 0 Å². The molecule has 0 unspecified atom stereocenters.